The summed E-state index contributed by atoms with van der Waals surface area (Å²) < 4.78 is 40.3. The minimum atomic E-state index is -4.92. The van der Waals surface area contributed by atoms with Gasteiger partial charge in [-0.05, 0) is 6.42 Å². The van der Waals surface area contributed by atoms with Gasteiger partial charge in [0, 0.05) is 32.4 Å². The predicted octanol–water partition coefficient (Wildman–Crippen LogP) is 1.29. The lowest BCUT2D eigenvalue weighted by atomic mass is 9.86. The summed E-state index contributed by atoms with van der Waals surface area (Å²) in [6.07, 6.45) is -4.03. The Bertz CT molecular complexity index is 571. The number of carbonyl (C=O) groups is 2. The lowest BCUT2D eigenvalue weighted by Crippen LogP contribution is -2.48. The first kappa shape index (κ1) is 15.1. The zero-order valence-electron chi connectivity index (χ0n) is 11.0. The number of urea groups is 1. The van der Waals surface area contributed by atoms with Crippen molar-refractivity contribution in [3.8, 4) is 0 Å². The second-order valence-electron chi connectivity index (χ2n) is 4.86. The molecule has 0 radical (unpaired) electrons. The molecule has 2 heterocycles. The summed E-state index contributed by atoms with van der Waals surface area (Å²) in [5, 5.41) is 15.1. The molecule has 1 fully saturated rings. The van der Waals surface area contributed by atoms with Crippen molar-refractivity contribution in [2.24, 2.45) is 12.5 Å². The van der Waals surface area contributed by atoms with Crippen LogP contribution in [0, 0.1) is 5.41 Å². The number of aliphatic carboxylic acids is 1. The number of nitrogens with one attached hydrogen (secondary N) is 1. The first-order valence-electron chi connectivity index (χ1n) is 6.01. The molecule has 2 amide bonds. The molecule has 2 N–H and O–H groups in total. The Kier molecular flexibility index (Phi) is 3.56. The van der Waals surface area contributed by atoms with E-state index >= 15 is 0 Å². The molecule has 21 heavy (non-hydrogen) atoms. The molecular formula is C11H13F3N4O3. The number of amides is 2. The number of hydrogen-bond donors (Lipinski definition) is 2. The van der Waals surface area contributed by atoms with E-state index in [0.717, 1.165) is 4.90 Å². The number of carboxylic acids is 1. The summed E-state index contributed by atoms with van der Waals surface area (Å²) in [6, 6.07) is 0.670. The molecule has 0 aromatic carbocycles. The van der Waals surface area contributed by atoms with E-state index in [1.807, 2.05) is 0 Å². The zero-order chi connectivity index (χ0) is 15.8. The van der Waals surface area contributed by atoms with Gasteiger partial charge >= 0.3 is 18.2 Å². The Morgan fingerprint density at radius 1 is 1.48 bits per heavy atom. The van der Waals surface area contributed by atoms with Crippen LogP contribution in [0.15, 0.2) is 12.3 Å². The molecule has 10 heteroatoms. The van der Waals surface area contributed by atoms with E-state index in [4.69, 9.17) is 5.11 Å². The van der Waals surface area contributed by atoms with E-state index in [0.29, 0.717) is 0 Å². The summed E-state index contributed by atoms with van der Waals surface area (Å²) in [5.74, 6) is -1.79. The highest BCUT2D eigenvalue weighted by atomic mass is 19.4. The molecule has 1 unspecified atom stereocenters. The van der Waals surface area contributed by atoms with E-state index in [-0.39, 0.29) is 12.4 Å². The summed E-state index contributed by atoms with van der Waals surface area (Å²) in [5.41, 5.74) is -2.91. The maximum Gasteiger partial charge on any atom is 0.406 e. The monoisotopic (exact) mass is 306 g/mol. The number of carbonyl (C=O) groups excluding carboxylic acids is 1. The molecule has 2 rings (SSSR count). The van der Waals surface area contributed by atoms with Crippen molar-refractivity contribution in [1.82, 2.24) is 14.7 Å². The Morgan fingerprint density at radius 3 is 2.57 bits per heavy atom. The molecule has 1 aliphatic heterocycles. The summed E-state index contributed by atoms with van der Waals surface area (Å²) in [6.45, 7) is -1.20. The van der Waals surface area contributed by atoms with Crippen molar-refractivity contribution >= 4 is 17.8 Å². The van der Waals surface area contributed by atoms with Crippen LogP contribution in [0.2, 0.25) is 0 Å². The average molecular weight is 306 g/mol. The van der Waals surface area contributed by atoms with E-state index in [1.54, 1.807) is 13.2 Å². The van der Waals surface area contributed by atoms with E-state index in [2.05, 4.69) is 10.4 Å². The van der Waals surface area contributed by atoms with Crippen LogP contribution < -0.4 is 5.32 Å². The quantitative estimate of drug-likeness (QED) is 0.862. The topological polar surface area (TPSA) is 87.5 Å². The number of nitrogens with zero attached hydrogens (tertiary/aromatic N) is 3. The number of rotatable bonds is 2. The van der Waals surface area contributed by atoms with E-state index < -0.39 is 36.6 Å². The van der Waals surface area contributed by atoms with Crippen molar-refractivity contribution in [2.45, 2.75) is 12.6 Å². The largest absolute Gasteiger partial charge is 0.481 e. The number of anilines is 1. The smallest absolute Gasteiger partial charge is 0.406 e. The third kappa shape index (κ3) is 2.65. The van der Waals surface area contributed by atoms with Gasteiger partial charge in [0.05, 0.1) is 0 Å². The van der Waals surface area contributed by atoms with Crippen molar-refractivity contribution in [3.05, 3.63) is 12.3 Å². The maximum absolute atomic E-state index is 13.0. The number of halogens is 3. The predicted molar refractivity (Wildman–Crippen MR) is 64.5 cm³/mol. The van der Waals surface area contributed by atoms with Crippen LogP contribution in [0.1, 0.15) is 6.42 Å². The molecule has 0 aliphatic carbocycles. The Morgan fingerprint density at radius 2 is 2.14 bits per heavy atom. The van der Waals surface area contributed by atoms with Gasteiger partial charge < -0.3 is 10.0 Å². The SMILES string of the molecule is Cn1ccc(NC(=O)N2CCC(C(=O)O)(C(F)(F)F)C2)n1. The maximum atomic E-state index is 13.0. The third-order valence-corrected chi connectivity index (χ3v) is 3.46. The first-order valence-corrected chi connectivity index (χ1v) is 6.01. The fourth-order valence-electron chi connectivity index (χ4n) is 2.18. The van der Waals surface area contributed by atoms with Crippen LogP contribution in [0.3, 0.4) is 0 Å². The molecule has 1 saturated heterocycles. The van der Waals surface area contributed by atoms with Crippen molar-refractivity contribution in [1.29, 1.82) is 0 Å². The minimum Gasteiger partial charge on any atom is -0.481 e. The van der Waals surface area contributed by atoms with Gasteiger partial charge in [0.1, 0.15) is 0 Å². The lowest BCUT2D eigenvalue weighted by molar-refractivity contribution is -0.226. The van der Waals surface area contributed by atoms with Crippen LogP contribution in [0.25, 0.3) is 0 Å². The lowest BCUT2D eigenvalue weighted by Gasteiger charge is -2.27. The fourth-order valence-corrected chi connectivity index (χ4v) is 2.18. The molecule has 0 bridgehead atoms. The van der Waals surface area contributed by atoms with Gasteiger partial charge in [0.15, 0.2) is 11.2 Å². The number of hydrogen-bond acceptors (Lipinski definition) is 3. The molecule has 0 spiro atoms. The average Bonchev–Trinajstić information content (AvgIpc) is 2.95. The highest BCUT2D eigenvalue weighted by molar-refractivity contribution is 5.89. The molecular weight excluding hydrogens is 293 g/mol. The zero-order valence-corrected chi connectivity index (χ0v) is 11.0. The molecule has 0 saturated carbocycles. The number of aromatic nitrogens is 2. The molecule has 1 aromatic rings. The van der Waals surface area contributed by atoms with Crippen LogP contribution in [-0.4, -0.2) is 51.1 Å². The Hall–Kier alpha value is -2.26. The van der Waals surface area contributed by atoms with Crippen molar-refractivity contribution in [3.63, 3.8) is 0 Å². The highest BCUT2D eigenvalue weighted by Crippen LogP contribution is 2.45. The Labute approximate surface area is 117 Å². The van der Waals surface area contributed by atoms with Gasteiger partial charge in [-0.25, -0.2) is 4.79 Å². The number of alkyl halides is 3. The third-order valence-electron chi connectivity index (χ3n) is 3.46. The second-order valence-corrected chi connectivity index (χ2v) is 4.86. The van der Waals surface area contributed by atoms with Gasteiger partial charge in [-0.1, -0.05) is 0 Å². The van der Waals surface area contributed by atoms with E-state index in [1.165, 1.54) is 10.7 Å². The van der Waals surface area contributed by atoms with Gasteiger partial charge in [-0.15, -0.1) is 0 Å². The van der Waals surface area contributed by atoms with Gasteiger partial charge in [-0.2, -0.15) is 18.3 Å². The van der Waals surface area contributed by atoms with E-state index in [9.17, 15) is 22.8 Å². The second kappa shape index (κ2) is 4.93. The van der Waals surface area contributed by atoms with Crippen LogP contribution in [0.5, 0.6) is 0 Å². The van der Waals surface area contributed by atoms with Gasteiger partial charge in [0.25, 0.3) is 0 Å². The van der Waals surface area contributed by atoms with Gasteiger partial charge in [-0.3, -0.25) is 14.8 Å². The number of likely N-dealkylation sites (tertiary alicyclic amines) is 1. The molecule has 1 aromatic heterocycles. The summed E-state index contributed by atoms with van der Waals surface area (Å²) in [4.78, 5) is 23.7. The van der Waals surface area contributed by atoms with Crippen molar-refractivity contribution in [2.75, 3.05) is 18.4 Å². The minimum absolute atomic E-state index is 0.183. The molecule has 7 nitrogen and oxygen atoms in total. The Balaban J connectivity index is 2.10. The van der Waals surface area contributed by atoms with Crippen LogP contribution in [0.4, 0.5) is 23.8 Å². The molecule has 1 atom stereocenters. The summed E-state index contributed by atoms with van der Waals surface area (Å²) >= 11 is 0. The molecule has 1 aliphatic rings. The van der Waals surface area contributed by atoms with Crippen LogP contribution >= 0.6 is 0 Å². The first-order chi connectivity index (χ1) is 9.65. The normalized spacial score (nSPS) is 22.4. The number of carboxylic acid groups (broad SMARTS) is 1. The molecule has 116 valence electrons. The standard InChI is InChI=1S/C11H13F3N4O3/c1-17-4-2-7(16-17)15-9(21)18-5-3-10(6-18,8(19)20)11(12,13)14/h2,4H,3,5-6H2,1H3,(H,19,20)(H,15,16,21). The highest BCUT2D eigenvalue weighted by Gasteiger charge is 2.64. The van der Waals surface area contributed by atoms with Crippen LogP contribution in [-0.2, 0) is 11.8 Å². The number of aryl methyl sites for hydroxylation is 1. The fraction of sp³-hybridized carbons (Fsp3) is 0.545. The summed E-state index contributed by atoms with van der Waals surface area (Å²) in [7, 11) is 1.62. The van der Waals surface area contributed by atoms with Crippen molar-refractivity contribution < 1.29 is 27.9 Å². The van der Waals surface area contributed by atoms with Gasteiger partial charge in [0.2, 0.25) is 0 Å².